The smallest absolute Gasteiger partial charge is 0.261 e. The molecule has 37 heavy (non-hydrogen) atoms. The number of amides is 2. The lowest BCUT2D eigenvalue weighted by atomic mass is 10.1. The normalized spacial score (nSPS) is 16.1. The molecule has 2 atom stereocenters. The zero-order valence-electron chi connectivity index (χ0n) is 19.9. The van der Waals surface area contributed by atoms with Crippen LogP contribution in [0.1, 0.15) is 38.1 Å². The zero-order chi connectivity index (χ0) is 25.9. The van der Waals surface area contributed by atoms with E-state index in [1.165, 1.54) is 35.1 Å². The number of methoxy groups -OCH3 is 1. The molecule has 2 amide bonds. The maximum Gasteiger partial charge on any atom is 0.261 e. The molecule has 0 spiro atoms. The summed E-state index contributed by atoms with van der Waals surface area (Å²) in [6.07, 6.45) is 2.45. The van der Waals surface area contributed by atoms with Crippen LogP contribution < -0.4 is 16.4 Å². The molecule has 192 valence electrons. The van der Waals surface area contributed by atoms with Crippen molar-refractivity contribution in [2.75, 3.05) is 32.7 Å². The number of carbonyl (C=O) groups excluding carboxylic acids is 2. The number of nitrogens with one attached hydrogen (secondary N) is 2. The molecule has 0 aliphatic carbocycles. The van der Waals surface area contributed by atoms with Crippen molar-refractivity contribution in [1.82, 2.24) is 25.2 Å². The Bertz CT molecular complexity index is 1430. The van der Waals surface area contributed by atoms with Gasteiger partial charge in [-0.25, -0.2) is 8.91 Å². The number of hydrogen-bond donors (Lipinski definition) is 3. The number of hydrogen-bond acceptors (Lipinski definition) is 8. The third-order valence-electron chi connectivity index (χ3n) is 6.03. The fourth-order valence-electron chi connectivity index (χ4n) is 4.16. The average molecular weight is 525 g/mol. The molecule has 4 heterocycles. The van der Waals surface area contributed by atoms with Crippen molar-refractivity contribution in [2.24, 2.45) is 0 Å². The van der Waals surface area contributed by atoms with Crippen LogP contribution in [0, 0.1) is 5.82 Å². The van der Waals surface area contributed by atoms with Gasteiger partial charge < -0.3 is 25.8 Å². The molecule has 1 fully saturated rings. The first-order chi connectivity index (χ1) is 17.9. The van der Waals surface area contributed by atoms with Gasteiger partial charge in [0.1, 0.15) is 5.82 Å². The number of aromatic nitrogens is 3. The Labute approximate surface area is 215 Å². The summed E-state index contributed by atoms with van der Waals surface area (Å²) in [7, 11) is 1.53. The van der Waals surface area contributed by atoms with E-state index in [0.717, 1.165) is 17.5 Å². The van der Waals surface area contributed by atoms with Crippen molar-refractivity contribution in [2.45, 2.75) is 18.5 Å². The van der Waals surface area contributed by atoms with Crippen LogP contribution in [0.25, 0.3) is 16.8 Å². The molecule has 1 aliphatic heterocycles. The van der Waals surface area contributed by atoms with Crippen molar-refractivity contribution >= 4 is 34.7 Å². The van der Waals surface area contributed by atoms with E-state index in [9.17, 15) is 14.0 Å². The first-order valence-corrected chi connectivity index (χ1v) is 12.5. The summed E-state index contributed by atoms with van der Waals surface area (Å²) in [4.78, 5) is 30.8. The molecule has 0 bridgehead atoms. The molecule has 1 saturated heterocycles. The van der Waals surface area contributed by atoms with Crippen LogP contribution in [0.3, 0.4) is 0 Å². The molecule has 10 nitrogen and oxygen atoms in total. The Morgan fingerprint density at radius 1 is 1.27 bits per heavy atom. The highest BCUT2D eigenvalue weighted by Gasteiger charge is 2.23. The number of thiophene rings is 1. The van der Waals surface area contributed by atoms with Gasteiger partial charge in [-0.2, -0.15) is 4.98 Å². The number of nitrogen functional groups attached to an aromatic ring is 1. The molecular formula is C25H25FN6O4S. The topological polar surface area (TPSA) is 133 Å². The lowest BCUT2D eigenvalue weighted by Crippen LogP contribution is -2.35. The predicted molar refractivity (Wildman–Crippen MR) is 136 cm³/mol. The first kappa shape index (κ1) is 24.8. The number of anilines is 1. The van der Waals surface area contributed by atoms with Crippen LogP contribution in [-0.4, -0.2) is 59.4 Å². The quantitative estimate of drug-likeness (QED) is 0.323. The van der Waals surface area contributed by atoms with Crippen molar-refractivity contribution in [1.29, 1.82) is 0 Å². The van der Waals surface area contributed by atoms with E-state index in [1.54, 1.807) is 30.5 Å². The highest BCUT2D eigenvalue weighted by molar-refractivity contribution is 7.12. The molecule has 4 aromatic rings. The number of ether oxygens (including phenoxy) is 2. The second-order valence-corrected chi connectivity index (χ2v) is 9.56. The van der Waals surface area contributed by atoms with Crippen molar-refractivity contribution in [3.8, 4) is 11.1 Å². The Morgan fingerprint density at radius 2 is 2.08 bits per heavy atom. The molecular weight excluding hydrogens is 499 g/mol. The molecule has 1 aliphatic rings. The Morgan fingerprint density at radius 3 is 2.81 bits per heavy atom. The SMILES string of the molecule is COC[C@H](NC(=O)c1cc(-c2cc(C(=O)N[C@H]3CCOC3)c3nc(N)nn3c2)cs1)c1ccc(F)cc1. The summed E-state index contributed by atoms with van der Waals surface area (Å²) >= 11 is 1.26. The van der Waals surface area contributed by atoms with Crippen LogP contribution in [0.5, 0.6) is 0 Å². The number of pyridine rings is 1. The minimum Gasteiger partial charge on any atom is -0.382 e. The van der Waals surface area contributed by atoms with E-state index >= 15 is 0 Å². The minimum atomic E-state index is -0.451. The van der Waals surface area contributed by atoms with E-state index in [-0.39, 0.29) is 36.2 Å². The summed E-state index contributed by atoms with van der Waals surface area (Å²) in [5, 5.41) is 11.9. The van der Waals surface area contributed by atoms with Gasteiger partial charge in [0.05, 0.1) is 35.7 Å². The molecule has 12 heteroatoms. The standard InChI is InChI=1S/C25H25FN6O4S/c1-35-12-20(14-2-4-17(26)5-3-14)29-24(34)21-9-16(13-37-21)15-8-19(22-30-25(27)31-32(22)10-15)23(33)28-18-6-7-36-11-18/h2-5,8-10,13,18,20H,6-7,11-12H2,1H3,(H2,27,31)(H,28,33)(H,29,34)/t18-,20-/m0/s1. The lowest BCUT2D eigenvalue weighted by Gasteiger charge is -2.18. The number of nitrogens with two attached hydrogens (primary N) is 1. The van der Waals surface area contributed by atoms with E-state index in [2.05, 4.69) is 20.7 Å². The number of nitrogens with zero attached hydrogens (tertiary/aromatic N) is 3. The number of fused-ring (bicyclic) bond motifs is 1. The van der Waals surface area contributed by atoms with Crippen LogP contribution in [0.2, 0.25) is 0 Å². The number of halogens is 1. The number of carbonyl (C=O) groups is 2. The van der Waals surface area contributed by atoms with Gasteiger partial charge in [0.25, 0.3) is 11.8 Å². The third-order valence-corrected chi connectivity index (χ3v) is 6.96. The largest absolute Gasteiger partial charge is 0.382 e. The third kappa shape index (κ3) is 5.45. The lowest BCUT2D eigenvalue weighted by molar-refractivity contribution is 0.0899. The van der Waals surface area contributed by atoms with Crippen molar-refractivity contribution in [3.05, 3.63) is 69.8 Å². The maximum absolute atomic E-state index is 13.3. The summed E-state index contributed by atoms with van der Waals surface area (Å²) in [5.74, 6) is -0.909. The number of benzene rings is 1. The summed E-state index contributed by atoms with van der Waals surface area (Å²) < 4.78 is 25.4. The first-order valence-electron chi connectivity index (χ1n) is 11.6. The second-order valence-electron chi connectivity index (χ2n) is 8.65. The maximum atomic E-state index is 13.3. The van der Waals surface area contributed by atoms with Gasteiger partial charge in [-0.1, -0.05) is 12.1 Å². The Balaban J connectivity index is 1.40. The fraction of sp³-hybridized carbons (Fsp3) is 0.280. The van der Waals surface area contributed by atoms with Crippen molar-refractivity contribution in [3.63, 3.8) is 0 Å². The van der Waals surface area contributed by atoms with E-state index < -0.39 is 6.04 Å². The van der Waals surface area contributed by atoms with E-state index in [1.807, 2.05) is 5.38 Å². The van der Waals surface area contributed by atoms with E-state index in [0.29, 0.717) is 34.9 Å². The molecule has 0 radical (unpaired) electrons. The summed E-state index contributed by atoms with van der Waals surface area (Å²) in [6, 6.07) is 8.84. The van der Waals surface area contributed by atoms with Crippen molar-refractivity contribution < 1.29 is 23.5 Å². The minimum absolute atomic E-state index is 0.0470. The van der Waals surface area contributed by atoms with Gasteiger partial charge in [0.15, 0.2) is 5.65 Å². The molecule has 4 N–H and O–H groups in total. The van der Waals surface area contributed by atoms with Gasteiger partial charge in [-0.3, -0.25) is 9.59 Å². The molecule has 5 rings (SSSR count). The van der Waals surface area contributed by atoms with Gasteiger partial charge >= 0.3 is 0 Å². The van der Waals surface area contributed by atoms with Crippen LogP contribution in [-0.2, 0) is 9.47 Å². The fourth-order valence-corrected chi connectivity index (χ4v) is 4.98. The monoisotopic (exact) mass is 524 g/mol. The average Bonchev–Trinajstić information content (AvgIpc) is 3.64. The number of rotatable bonds is 8. The summed E-state index contributed by atoms with van der Waals surface area (Å²) in [6.45, 7) is 1.29. The van der Waals surface area contributed by atoms with E-state index in [4.69, 9.17) is 15.2 Å². The Hall–Kier alpha value is -3.87. The highest BCUT2D eigenvalue weighted by Crippen LogP contribution is 2.28. The molecule has 0 saturated carbocycles. The van der Waals surface area contributed by atoms with Gasteiger partial charge in [0.2, 0.25) is 5.95 Å². The highest BCUT2D eigenvalue weighted by atomic mass is 32.1. The van der Waals surface area contributed by atoms with Crippen LogP contribution >= 0.6 is 11.3 Å². The van der Waals surface area contributed by atoms with Crippen LogP contribution in [0.15, 0.2) is 48.0 Å². The van der Waals surface area contributed by atoms with Gasteiger partial charge in [-0.05, 0) is 47.2 Å². The van der Waals surface area contributed by atoms with Gasteiger partial charge in [-0.15, -0.1) is 16.4 Å². The predicted octanol–water partition coefficient (Wildman–Crippen LogP) is 2.82. The summed E-state index contributed by atoms with van der Waals surface area (Å²) in [5.41, 5.74) is 8.60. The zero-order valence-corrected chi connectivity index (χ0v) is 20.8. The molecule has 0 unspecified atom stereocenters. The second kappa shape index (κ2) is 10.6. The Kier molecular flexibility index (Phi) is 7.12. The molecule has 3 aromatic heterocycles. The van der Waals surface area contributed by atoms with Gasteiger partial charge in [0, 0.05) is 25.5 Å². The molecule has 1 aromatic carbocycles. The van der Waals surface area contributed by atoms with Crippen LogP contribution in [0.4, 0.5) is 10.3 Å².